The van der Waals surface area contributed by atoms with Crippen LogP contribution in [0.3, 0.4) is 0 Å². The Balaban J connectivity index is 1.96. The van der Waals surface area contributed by atoms with Crippen LogP contribution in [0.2, 0.25) is 0 Å². The highest BCUT2D eigenvalue weighted by Crippen LogP contribution is 2.13. The van der Waals surface area contributed by atoms with E-state index in [1.54, 1.807) is 6.07 Å². The van der Waals surface area contributed by atoms with Crippen molar-refractivity contribution in [1.29, 1.82) is 0 Å². The maximum atomic E-state index is 10.8. The zero-order chi connectivity index (χ0) is 14.7. The summed E-state index contributed by atoms with van der Waals surface area (Å²) in [4.78, 5) is 12.8. The van der Waals surface area contributed by atoms with E-state index < -0.39 is 6.09 Å². The van der Waals surface area contributed by atoms with E-state index in [2.05, 4.69) is 5.10 Å². The molecule has 0 aliphatic rings. The number of hydrogen-bond donors (Lipinski definition) is 2. The molecule has 0 bridgehead atoms. The first kappa shape index (κ1) is 14.1. The second kappa shape index (κ2) is 5.79. The van der Waals surface area contributed by atoms with Crippen LogP contribution in [-0.4, -0.2) is 40.0 Å². The van der Waals surface area contributed by atoms with E-state index >= 15 is 0 Å². The number of nitrogens with two attached hydrogens (primary N) is 1. The van der Waals surface area contributed by atoms with Gasteiger partial charge in [0.05, 0.1) is 12.2 Å². The van der Waals surface area contributed by atoms with Gasteiger partial charge >= 0.3 is 6.09 Å². The minimum atomic E-state index is -1.18. The van der Waals surface area contributed by atoms with Crippen LogP contribution in [0.25, 0.3) is 0 Å². The van der Waals surface area contributed by atoms with Crippen LogP contribution in [0.5, 0.6) is 0 Å². The Kier molecular flexibility index (Phi) is 4.09. The van der Waals surface area contributed by atoms with Crippen LogP contribution in [0.15, 0.2) is 22.6 Å². The van der Waals surface area contributed by atoms with E-state index in [0.29, 0.717) is 18.5 Å². The van der Waals surface area contributed by atoms with Gasteiger partial charge in [-0.3, -0.25) is 0 Å². The van der Waals surface area contributed by atoms with Gasteiger partial charge in [0.15, 0.2) is 0 Å². The minimum Gasteiger partial charge on any atom is -0.465 e. The summed E-state index contributed by atoms with van der Waals surface area (Å²) in [6.07, 6.45) is 0.0584. The lowest BCUT2D eigenvalue weighted by Gasteiger charge is -2.05. The predicted molar refractivity (Wildman–Crippen MR) is 73.6 cm³/mol. The number of aryl methyl sites for hydroxylation is 2. The van der Waals surface area contributed by atoms with E-state index in [1.165, 1.54) is 0 Å². The molecule has 0 aromatic carbocycles. The number of carboxylic acid groups (broad SMARTS) is 1. The summed E-state index contributed by atoms with van der Waals surface area (Å²) >= 11 is 0. The van der Waals surface area contributed by atoms with Crippen LogP contribution >= 0.6 is 0 Å². The molecule has 0 radical (unpaired) electrons. The maximum absolute atomic E-state index is 10.8. The molecule has 2 rings (SSSR count). The summed E-state index contributed by atoms with van der Waals surface area (Å²) in [6.45, 7) is 0.751. The lowest BCUT2D eigenvalue weighted by molar-refractivity contribution is 0.193. The normalized spacial score (nSPS) is 11.2. The van der Waals surface area contributed by atoms with Gasteiger partial charge in [0.25, 0.3) is 0 Å². The highest BCUT2D eigenvalue weighted by atomic mass is 16.4. The van der Waals surface area contributed by atoms with Crippen LogP contribution in [-0.2, 0) is 19.4 Å². The van der Waals surface area contributed by atoms with Crippen LogP contribution in [0, 0.1) is 0 Å². The third-order valence-corrected chi connectivity index (χ3v) is 2.79. The summed E-state index contributed by atoms with van der Waals surface area (Å²) in [5, 5.41) is 12.8. The number of nitrogen functional groups attached to an aromatic ring is 1. The van der Waals surface area contributed by atoms with Crippen molar-refractivity contribution in [3.05, 3.63) is 35.4 Å². The molecule has 0 saturated carbocycles. The molecule has 0 aliphatic carbocycles. The average molecular weight is 278 g/mol. The molecule has 0 unspecified atom stereocenters. The van der Waals surface area contributed by atoms with E-state index in [0.717, 1.165) is 22.7 Å². The van der Waals surface area contributed by atoms with Crippen LogP contribution in [0.4, 0.5) is 10.6 Å². The smallest absolute Gasteiger partial charge is 0.434 e. The van der Waals surface area contributed by atoms with Crippen molar-refractivity contribution in [2.75, 3.05) is 19.8 Å². The first-order valence-electron chi connectivity index (χ1n) is 6.25. The fourth-order valence-electron chi connectivity index (χ4n) is 1.93. The molecule has 108 valence electrons. The van der Waals surface area contributed by atoms with Crippen molar-refractivity contribution in [2.45, 2.75) is 19.4 Å². The molecule has 3 N–H and O–H groups in total. The lowest BCUT2D eigenvalue weighted by Crippen LogP contribution is -2.12. The standard InChI is InChI=1S/C13H18N4O3/c1-16(2)8-11-6-5-10(20-11)4-3-9-7-12(14)17(15-9)13(18)19/h5-7H,3-4,8,14H2,1-2H3,(H,18,19). The quantitative estimate of drug-likeness (QED) is 0.858. The molecule has 7 heteroatoms. The van der Waals surface area contributed by atoms with Gasteiger partial charge in [0.2, 0.25) is 0 Å². The Morgan fingerprint density at radius 2 is 2.10 bits per heavy atom. The Hall–Kier alpha value is -2.28. The van der Waals surface area contributed by atoms with Gasteiger partial charge in [0.1, 0.15) is 17.3 Å². The second-order valence-corrected chi connectivity index (χ2v) is 4.86. The molecule has 0 fully saturated rings. The van der Waals surface area contributed by atoms with Gasteiger partial charge < -0.3 is 20.2 Å². The molecular weight excluding hydrogens is 260 g/mol. The number of aromatic nitrogens is 2. The SMILES string of the molecule is CN(C)Cc1ccc(CCc2cc(N)n(C(=O)O)n2)o1. The van der Waals surface area contributed by atoms with Gasteiger partial charge in [-0.05, 0) is 32.6 Å². The van der Waals surface area contributed by atoms with Gasteiger partial charge in [-0.15, -0.1) is 4.68 Å². The van der Waals surface area contributed by atoms with Gasteiger partial charge in [0, 0.05) is 12.5 Å². The fourth-order valence-corrected chi connectivity index (χ4v) is 1.93. The minimum absolute atomic E-state index is 0.125. The molecule has 0 spiro atoms. The second-order valence-electron chi connectivity index (χ2n) is 4.86. The molecule has 2 heterocycles. The Labute approximate surface area is 116 Å². The third kappa shape index (κ3) is 3.39. The van der Waals surface area contributed by atoms with Gasteiger partial charge in [-0.1, -0.05) is 0 Å². The molecular formula is C13H18N4O3. The summed E-state index contributed by atoms with van der Waals surface area (Å²) in [5.74, 6) is 1.88. The van der Waals surface area contributed by atoms with Gasteiger partial charge in [-0.2, -0.15) is 5.10 Å². The lowest BCUT2D eigenvalue weighted by atomic mass is 10.2. The molecule has 0 atom stereocenters. The molecule has 2 aromatic rings. The number of nitrogens with zero attached hydrogens (tertiary/aromatic N) is 3. The molecule has 20 heavy (non-hydrogen) atoms. The summed E-state index contributed by atoms with van der Waals surface area (Å²) in [5.41, 5.74) is 6.20. The van der Waals surface area contributed by atoms with Crippen molar-refractivity contribution >= 4 is 11.9 Å². The van der Waals surface area contributed by atoms with Crippen molar-refractivity contribution in [1.82, 2.24) is 14.7 Å². The van der Waals surface area contributed by atoms with E-state index in [-0.39, 0.29) is 5.82 Å². The first-order chi connectivity index (χ1) is 9.45. The Bertz CT molecular complexity index is 601. The first-order valence-corrected chi connectivity index (χ1v) is 6.25. The average Bonchev–Trinajstić information content (AvgIpc) is 2.92. The maximum Gasteiger partial charge on any atom is 0.434 e. The van der Waals surface area contributed by atoms with Crippen molar-refractivity contribution in [3.63, 3.8) is 0 Å². The largest absolute Gasteiger partial charge is 0.465 e. The van der Waals surface area contributed by atoms with Crippen LogP contribution in [0.1, 0.15) is 17.2 Å². The number of furan rings is 1. The molecule has 7 nitrogen and oxygen atoms in total. The number of carbonyl (C=O) groups is 1. The van der Waals surface area contributed by atoms with E-state index in [9.17, 15) is 4.79 Å². The zero-order valence-corrected chi connectivity index (χ0v) is 11.5. The highest BCUT2D eigenvalue weighted by Gasteiger charge is 2.11. The predicted octanol–water partition coefficient (Wildman–Crippen LogP) is 1.43. The zero-order valence-electron chi connectivity index (χ0n) is 11.5. The molecule has 0 amide bonds. The highest BCUT2D eigenvalue weighted by molar-refractivity contribution is 5.71. The molecule has 2 aromatic heterocycles. The Morgan fingerprint density at radius 1 is 1.40 bits per heavy atom. The molecule has 0 saturated heterocycles. The van der Waals surface area contributed by atoms with Crippen molar-refractivity contribution < 1.29 is 14.3 Å². The van der Waals surface area contributed by atoms with Gasteiger partial charge in [-0.25, -0.2) is 4.79 Å². The monoisotopic (exact) mass is 278 g/mol. The third-order valence-electron chi connectivity index (χ3n) is 2.79. The summed E-state index contributed by atoms with van der Waals surface area (Å²) in [7, 11) is 3.95. The number of anilines is 1. The fraction of sp³-hybridized carbons (Fsp3) is 0.385. The summed E-state index contributed by atoms with van der Waals surface area (Å²) in [6, 6.07) is 5.44. The van der Waals surface area contributed by atoms with E-state index in [4.69, 9.17) is 15.3 Å². The van der Waals surface area contributed by atoms with Crippen LogP contribution < -0.4 is 5.73 Å². The number of rotatable bonds is 5. The van der Waals surface area contributed by atoms with E-state index in [1.807, 2.05) is 31.1 Å². The van der Waals surface area contributed by atoms with Crippen molar-refractivity contribution in [2.24, 2.45) is 0 Å². The topological polar surface area (TPSA) is 97.5 Å². The molecule has 0 aliphatic heterocycles. The summed E-state index contributed by atoms with van der Waals surface area (Å²) < 4.78 is 6.45. The Morgan fingerprint density at radius 3 is 2.70 bits per heavy atom. The van der Waals surface area contributed by atoms with Crippen molar-refractivity contribution in [3.8, 4) is 0 Å². The number of hydrogen-bond acceptors (Lipinski definition) is 5.